The Bertz CT molecular complexity index is 344. The number of hydrogen-bond donors (Lipinski definition) is 2. The van der Waals surface area contributed by atoms with E-state index in [-0.39, 0.29) is 0 Å². The maximum absolute atomic E-state index is 4.40. The fraction of sp³-hybridized carbons (Fsp3) is 0.364. The first-order valence-corrected chi connectivity index (χ1v) is 5.03. The van der Waals surface area contributed by atoms with Crippen LogP contribution in [0, 0.1) is 0 Å². The number of para-hydroxylation sites is 1. The van der Waals surface area contributed by atoms with Crippen LogP contribution in [-0.2, 0) is 6.54 Å². The molecule has 0 saturated carbocycles. The Labute approximate surface area is 84.2 Å². The molecule has 1 aromatic carbocycles. The van der Waals surface area contributed by atoms with Crippen molar-refractivity contribution >= 4 is 11.6 Å². The SMILES string of the molecule is CCCNC1=NCc2ccccc2N1. The van der Waals surface area contributed by atoms with E-state index in [9.17, 15) is 0 Å². The molecule has 1 aliphatic heterocycles. The molecule has 0 radical (unpaired) electrons. The van der Waals surface area contributed by atoms with Gasteiger partial charge in [0.1, 0.15) is 0 Å². The normalized spacial score (nSPS) is 13.9. The van der Waals surface area contributed by atoms with Crippen LogP contribution < -0.4 is 10.6 Å². The number of rotatable bonds is 2. The van der Waals surface area contributed by atoms with Crippen LogP contribution in [0.1, 0.15) is 18.9 Å². The number of guanidine groups is 1. The lowest BCUT2D eigenvalue weighted by molar-refractivity contribution is 0.826. The zero-order valence-electron chi connectivity index (χ0n) is 8.38. The van der Waals surface area contributed by atoms with Gasteiger partial charge in [0.05, 0.1) is 6.54 Å². The van der Waals surface area contributed by atoms with Crippen molar-refractivity contribution in [1.82, 2.24) is 5.32 Å². The number of nitrogens with zero attached hydrogens (tertiary/aromatic N) is 1. The number of anilines is 1. The van der Waals surface area contributed by atoms with Crippen molar-refractivity contribution in [2.45, 2.75) is 19.9 Å². The third kappa shape index (κ3) is 1.87. The highest BCUT2D eigenvalue weighted by Crippen LogP contribution is 2.18. The average molecular weight is 189 g/mol. The zero-order chi connectivity index (χ0) is 9.80. The van der Waals surface area contributed by atoms with E-state index < -0.39 is 0 Å². The van der Waals surface area contributed by atoms with E-state index in [1.54, 1.807) is 0 Å². The number of hydrogen-bond acceptors (Lipinski definition) is 3. The van der Waals surface area contributed by atoms with Crippen LogP contribution in [0.4, 0.5) is 5.69 Å². The van der Waals surface area contributed by atoms with Gasteiger partial charge in [0.2, 0.25) is 0 Å². The Kier molecular flexibility index (Phi) is 2.68. The molecular formula is C11H15N3. The summed E-state index contributed by atoms with van der Waals surface area (Å²) in [4.78, 5) is 4.40. The third-order valence-corrected chi connectivity index (χ3v) is 2.22. The van der Waals surface area contributed by atoms with Gasteiger partial charge in [-0.2, -0.15) is 0 Å². The highest BCUT2D eigenvalue weighted by atomic mass is 15.2. The van der Waals surface area contributed by atoms with E-state index in [4.69, 9.17) is 0 Å². The molecule has 0 fully saturated rings. The summed E-state index contributed by atoms with van der Waals surface area (Å²) in [5, 5.41) is 6.52. The van der Waals surface area contributed by atoms with Crippen LogP contribution >= 0.6 is 0 Å². The molecule has 2 N–H and O–H groups in total. The summed E-state index contributed by atoms with van der Waals surface area (Å²) >= 11 is 0. The predicted octanol–water partition coefficient (Wildman–Crippen LogP) is 1.97. The number of fused-ring (bicyclic) bond motifs is 1. The fourth-order valence-corrected chi connectivity index (χ4v) is 1.45. The number of benzene rings is 1. The van der Waals surface area contributed by atoms with Crippen molar-refractivity contribution in [3.63, 3.8) is 0 Å². The molecule has 74 valence electrons. The molecule has 3 heteroatoms. The van der Waals surface area contributed by atoms with Gasteiger partial charge in [-0.1, -0.05) is 25.1 Å². The Morgan fingerprint density at radius 1 is 1.43 bits per heavy atom. The summed E-state index contributed by atoms with van der Waals surface area (Å²) in [6.07, 6.45) is 1.11. The van der Waals surface area contributed by atoms with Gasteiger partial charge >= 0.3 is 0 Å². The minimum atomic E-state index is 0.773. The standard InChI is InChI=1S/C11H15N3/c1-2-7-12-11-13-8-9-5-3-4-6-10(9)14-11/h3-6H,2,7-8H2,1H3,(H2,12,13,14). The molecule has 3 nitrogen and oxygen atoms in total. The summed E-state index contributed by atoms with van der Waals surface area (Å²) < 4.78 is 0. The summed E-state index contributed by atoms with van der Waals surface area (Å²) in [7, 11) is 0. The second-order valence-corrected chi connectivity index (χ2v) is 3.37. The first kappa shape index (κ1) is 9.06. The summed E-state index contributed by atoms with van der Waals surface area (Å²) in [5.41, 5.74) is 2.43. The van der Waals surface area contributed by atoms with Gasteiger partial charge in [-0.05, 0) is 18.1 Å². The second-order valence-electron chi connectivity index (χ2n) is 3.37. The van der Waals surface area contributed by atoms with Crippen LogP contribution in [0.5, 0.6) is 0 Å². The van der Waals surface area contributed by atoms with Crippen molar-refractivity contribution < 1.29 is 0 Å². The molecule has 14 heavy (non-hydrogen) atoms. The first-order valence-electron chi connectivity index (χ1n) is 5.03. The molecule has 0 bridgehead atoms. The smallest absolute Gasteiger partial charge is 0.196 e. The molecule has 0 aromatic heterocycles. The Balaban J connectivity index is 2.05. The Hall–Kier alpha value is -1.51. The van der Waals surface area contributed by atoms with Gasteiger partial charge in [0.15, 0.2) is 5.96 Å². The van der Waals surface area contributed by atoms with Crippen LogP contribution in [-0.4, -0.2) is 12.5 Å². The van der Waals surface area contributed by atoms with E-state index in [0.29, 0.717) is 0 Å². The molecule has 0 spiro atoms. The average Bonchev–Trinajstić information content (AvgIpc) is 2.26. The topological polar surface area (TPSA) is 36.4 Å². The van der Waals surface area contributed by atoms with Crippen molar-refractivity contribution in [2.24, 2.45) is 4.99 Å². The first-order chi connectivity index (χ1) is 6.90. The van der Waals surface area contributed by atoms with E-state index >= 15 is 0 Å². The van der Waals surface area contributed by atoms with E-state index in [2.05, 4.69) is 34.7 Å². The number of nitrogens with one attached hydrogen (secondary N) is 2. The lowest BCUT2D eigenvalue weighted by Crippen LogP contribution is -2.33. The third-order valence-electron chi connectivity index (χ3n) is 2.22. The van der Waals surface area contributed by atoms with Gasteiger partial charge in [0, 0.05) is 12.2 Å². The summed E-state index contributed by atoms with van der Waals surface area (Å²) in [6.45, 7) is 3.88. The molecule has 0 saturated heterocycles. The molecule has 0 amide bonds. The maximum atomic E-state index is 4.40. The molecule has 0 unspecified atom stereocenters. The Morgan fingerprint density at radius 2 is 2.29 bits per heavy atom. The Morgan fingerprint density at radius 3 is 3.14 bits per heavy atom. The highest BCUT2D eigenvalue weighted by Gasteiger charge is 2.08. The lowest BCUT2D eigenvalue weighted by Gasteiger charge is -2.18. The van der Waals surface area contributed by atoms with Crippen LogP contribution in [0.2, 0.25) is 0 Å². The van der Waals surface area contributed by atoms with Crippen molar-refractivity contribution in [3.8, 4) is 0 Å². The van der Waals surface area contributed by atoms with E-state index in [1.807, 2.05) is 12.1 Å². The molecule has 0 atom stereocenters. The van der Waals surface area contributed by atoms with E-state index in [0.717, 1.165) is 25.5 Å². The molecule has 1 heterocycles. The second kappa shape index (κ2) is 4.13. The van der Waals surface area contributed by atoms with Gasteiger partial charge in [-0.15, -0.1) is 0 Å². The largest absolute Gasteiger partial charge is 0.356 e. The van der Waals surface area contributed by atoms with Gasteiger partial charge < -0.3 is 10.6 Å². The summed E-state index contributed by atoms with van der Waals surface area (Å²) in [6, 6.07) is 8.26. The number of aliphatic imine (C=N–C) groups is 1. The van der Waals surface area contributed by atoms with Crippen molar-refractivity contribution in [2.75, 3.05) is 11.9 Å². The van der Waals surface area contributed by atoms with E-state index in [1.165, 1.54) is 11.3 Å². The molecular weight excluding hydrogens is 174 g/mol. The van der Waals surface area contributed by atoms with Crippen LogP contribution in [0.25, 0.3) is 0 Å². The van der Waals surface area contributed by atoms with Crippen LogP contribution in [0.3, 0.4) is 0 Å². The minimum absolute atomic E-state index is 0.773. The highest BCUT2D eigenvalue weighted by molar-refractivity contribution is 5.95. The monoisotopic (exact) mass is 189 g/mol. The van der Waals surface area contributed by atoms with Gasteiger partial charge in [-0.3, -0.25) is 0 Å². The van der Waals surface area contributed by atoms with Gasteiger partial charge in [-0.25, -0.2) is 4.99 Å². The fourth-order valence-electron chi connectivity index (χ4n) is 1.45. The molecule has 2 rings (SSSR count). The van der Waals surface area contributed by atoms with Gasteiger partial charge in [0.25, 0.3) is 0 Å². The van der Waals surface area contributed by atoms with Crippen LogP contribution in [0.15, 0.2) is 29.3 Å². The lowest BCUT2D eigenvalue weighted by atomic mass is 10.1. The zero-order valence-corrected chi connectivity index (χ0v) is 8.38. The van der Waals surface area contributed by atoms with Crippen molar-refractivity contribution in [3.05, 3.63) is 29.8 Å². The van der Waals surface area contributed by atoms with Crippen molar-refractivity contribution in [1.29, 1.82) is 0 Å². The predicted molar refractivity (Wildman–Crippen MR) is 59.5 cm³/mol. The minimum Gasteiger partial charge on any atom is -0.356 e. The molecule has 1 aromatic rings. The maximum Gasteiger partial charge on any atom is 0.196 e. The molecule has 0 aliphatic carbocycles. The summed E-state index contributed by atoms with van der Waals surface area (Å²) in [5.74, 6) is 0.894. The quantitative estimate of drug-likeness (QED) is 0.746. The molecule has 1 aliphatic rings.